The van der Waals surface area contributed by atoms with E-state index in [9.17, 15) is 9.90 Å². The van der Waals surface area contributed by atoms with Crippen molar-refractivity contribution in [3.63, 3.8) is 0 Å². The number of allylic oxidation sites excluding steroid dienone is 1. The van der Waals surface area contributed by atoms with Gasteiger partial charge in [-0.05, 0) is 48.1 Å². The molecular formula is C17H20Cl2N2O3. The highest BCUT2D eigenvalue weighted by atomic mass is 35.5. The summed E-state index contributed by atoms with van der Waals surface area (Å²) in [5.41, 5.74) is 3.03. The number of nitrogens with one attached hydrogen (secondary N) is 1. The number of phenolic OH excluding ortho intramolecular Hbond substituents is 1. The van der Waals surface area contributed by atoms with Crippen LogP contribution in [0.1, 0.15) is 26.3 Å². The van der Waals surface area contributed by atoms with E-state index in [1.165, 1.54) is 12.3 Å². The molecular weight excluding hydrogens is 351 g/mol. The Morgan fingerprint density at radius 1 is 1.46 bits per heavy atom. The Balaban J connectivity index is 1.98. The fourth-order valence-electron chi connectivity index (χ4n) is 2.75. The summed E-state index contributed by atoms with van der Waals surface area (Å²) in [6.45, 7) is 6.23. The van der Waals surface area contributed by atoms with E-state index in [1.807, 2.05) is 20.8 Å². The standard InChI is InChI=1S/C17H20Cl2N2O3/c1-4-24-13-7-10(5-6-12(13)22)9-20-21-16(23)15-11(8-14(18)19)17(15,2)3/h5-9,11,15,22H,4H2,1-3H3,(H,21,23)/b20-9+/t11-,15-/m0/s1. The maximum atomic E-state index is 12.2. The van der Waals surface area contributed by atoms with Crippen molar-refractivity contribution in [1.82, 2.24) is 5.43 Å². The number of benzene rings is 1. The van der Waals surface area contributed by atoms with Crippen LogP contribution in [0.15, 0.2) is 33.9 Å². The van der Waals surface area contributed by atoms with Crippen molar-refractivity contribution in [2.75, 3.05) is 6.61 Å². The van der Waals surface area contributed by atoms with Gasteiger partial charge < -0.3 is 9.84 Å². The minimum absolute atomic E-state index is 0.00377. The average Bonchev–Trinajstić information content (AvgIpc) is 3.02. The van der Waals surface area contributed by atoms with E-state index in [2.05, 4.69) is 10.5 Å². The van der Waals surface area contributed by atoms with Crippen LogP contribution >= 0.6 is 23.2 Å². The number of phenols is 1. The zero-order chi connectivity index (χ0) is 17.9. The van der Waals surface area contributed by atoms with Crippen LogP contribution in [0.2, 0.25) is 0 Å². The van der Waals surface area contributed by atoms with Crippen LogP contribution in [0, 0.1) is 17.3 Å². The number of carbonyl (C=O) groups is 1. The molecule has 1 amide bonds. The van der Waals surface area contributed by atoms with Gasteiger partial charge in [-0.15, -0.1) is 0 Å². The summed E-state index contributed by atoms with van der Waals surface area (Å²) in [4.78, 5) is 12.2. The minimum atomic E-state index is -0.221. The molecule has 0 spiro atoms. The first-order chi connectivity index (χ1) is 11.3. The van der Waals surface area contributed by atoms with Gasteiger partial charge in [0.1, 0.15) is 4.49 Å². The number of amides is 1. The van der Waals surface area contributed by atoms with Crippen LogP contribution in [-0.2, 0) is 4.79 Å². The zero-order valence-corrected chi connectivity index (χ0v) is 15.2. The zero-order valence-electron chi connectivity index (χ0n) is 13.7. The van der Waals surface area contributed by atoms with Crippen molar-refractivity contribution in [2.45, 2.75) is 20.8 Å². The molecule has 24 heavy (non-hydrogen) atoms. The Morgan fingerprint density at radius 3 is 2.79 bits per heavy atom. The summed E-state index contributed by atoms with van der Waals surface area (Å²) in [6.07, 6.45) is 3.18. The molecule has 2 atom stereocenters. The number of carbonyl (C=O) groups excluding carboxylic acids is 1. The van der Waals surface area contributed by atoms with Crippen molar-refractivity contribution in [2.24, 2.45) is 22.4 Å². The number of hydrazone groups is 1. The topological polar surface area (TPSA) is 70.9 Å². The number of rotatable bonds is 6. The number of hydrogen-bond donors (Lipinski definition) is 2. The van der Waals surface area contributed by atoms with Gasteiger partial charge in [-0.2, -0.15) is 5.10 Å². The van der Waals surface area contributed by atoms with E-state index in [-0.39, 0.29) is 33.4 Å². The van der Waals surface area contributed by atoms with Crippen LogP contribution in [0.5, 0.6) is 11.5 Å². The Morgan fingerprint density at radius 2 is 2.17 bits per heavy atom. The highest BCUT2D eigenvalue weighted by Gasteiger charge is 2.60. The summed E-state index contributed by atoms with van der Waals surface area (Å²) >= 11 is 11.4. The third kappa shape index (κ3) is 4.22. The van der Waals surface area contributed by atoms with Crippen LogP contribution in [0.25, 0.3) is 0 Å². The molecule has 1 aliphatic rings. The molecule has 0 radical (unpaired) electrons. The highest BCUT2D eigenvalue weighted by molar-refractivity contribution is 6.55. The molecule has 1 aromatic carbocycles. The maximum Gasteiger partial charge on any atom is 0.244 e. The van der Waals surface area contributed by atoms with Gasteiger partial charge in [0.2, 0.25) is 5.91 Å². The normalized spacial score (nSPS) is 21.4. The second kappa shape index (κ2) is 7.45. The lowest BCUT2D eigenvalue weighted by atomic mass is 10.1. The number of hydrogen-bond acceptors (Lipinski definition) is 4. The van der Waals surface area contributed by atoms with Gasteiger partial charge in [0.05, 0.1) is 18.7 Å². The van der Waals surface area contributed by atoms with Crippen molar-refractivity contribution in [1.29, 1.82) is 0 Å². The molecule has 1 aromatic rings. The van der Waals surface area contributed by atoms with E-state index in [1.54, 1.807) is 18.2 Å². The van der Waals surface area contributed by atoms with Gasteiger partial charge in [0.15, 0.2) is 11.5 Å². The quantitative estimate of drug-likeness (QED) is 0.590. The van der Waals surface area contributed by atoms with Gasteiger partial charge in [-0.3, -0.25) is 4.79 Å². The van der Waals surface area contributed by atoms with Crippen molar-refractivity contribution in [3.05, 3.63) is 34.3 Å². The molecule has 0 aliphatic heterocycles. The smallest absolute Gasteiger partial charge is 0.244 e. The van der Waals surface area contributed by atoms with Gasteiger partial charge in [0.25, 0.3) is 0 Å². The molecule has 0 saturated heterocycles. The molecule has 1 saturated carbocycles. The fraction of sp³-hybridized carbons (Fsp3) is 0.412. The largest absolute Gasteiger partial charge is 0.504 e. The molecule has 1 aliphatic carbocycles. The third-order valence-corrected chi connectivity index (χ3v) is 4.42. The summed E-state index contributed by atoms with van der Waals surface area (Å²) in [7, 11) is 0. The second-order valence-corrected chi connectivity index (χ2v) is 7.18. The number of nitrogens with zero attached hydrogens (tertiary/aromatic N) is 1. The Hall–Kier alpha value is -1.72. The number of halogens is 2. The van der Waals surface area contributed by atoms with Crippen molar-refractivity contribution < 1.29 is 14.6 Å². The first kappa shape index (κ1) is 18.6. The lowest BCUT2D eigenvalue weighted by molar-refractivity contribution is -0.123. The molecule has 0 unspecified atom stereocenters. The summed E-state index contributed by atoms with van der Waals surface area (Å²) in [6, 6.07) is 4.84. The summed E-state index contributed by atoms with van der Waals surface area (Å²) < 4.78 is 5.47. The van der Waals surface area contributed by atoms with Crippen LogP contribution < -0.4 is 10.2 Å². The predicted molar refractivity (Wildman–Crippen MR) is 95.6 cm³/mol. The lowest BCUT2D eigenvalue weighted by Crippen LogP contribution is -2.21. The Bertz CT molecular complexity index is 682. The second-order valence-electron chi connectivity index (χ2n) is 6.18. The summed E-state index contributed by atoms with van der Waals surface area (Å²) in [5.74, 6) is 0.0242. The first-order valence-electron chi connectivity index (χ1n) is 7.59. The monoisotopic (exact) mass is 370 g/mol. The average molecular weight is 371 g/mol. The van der Waals surface area contributed by atoms with E-state index in [0.29, 0.717) is 17.9 Å². The molecule has 2 rings (SSSR count). The molecule has 2 N–H and O–H groups in total. The van der Waals surface area contributed by atoms with E-state index in [4.69, 9.17) is 27.9 Å². The van der Waals surface area contributed by atoms with Crippen LogP contribution in [0.3, 0.4) is 0 Å². The minimum Gasteiger partial charge on any atom is -0.504 e. The number of ether oxygens (including phenoxy) is 1. The van der Waals surface area contributed by atoms with Crippen LogP contribution in [0.4, 0.5) is 0 Å². The lowest BCUT2D eigenvalue weighted by Gasteiger charge is -2.06. The van der Waals surface area contributed by atoms with Crippen molar-refractivity contribution in [3.8, 4) is 11.5 Å². The highest BCUT2D eigenvalue weighted by Crippen LogP contribution is 2.59. The fourth-order valence-corrected chi connectivity index (χ4v) is 3.02. The van der Waals surface area contributed by atoms with E-state index >= 15 is 0 Å². The summed E-state index contributed by atoms with van der Waals surface area (Å²) in [5, 5.41) is 13.6. The van der Waals surface area contributed by atoms with Crippen molar-refractivity contribution >= 4 is 35.3 Å². The molecule has 0 bridgehead atoms. The first-order valence-corrected chi connectivity index (χ1v) is 8.34. The van der Waals surface area contributed by atoms with Gasteiger partial charge in [-0.1, -0.05) is 37.0 Å². The molecule has 130 valence electrons. The van der Waals surface area contributed by atoms with Gasteiger partial charge in [-0.25, -0.2) is 5.43 Å². The number of aromatic hydroxyl groups is 1. The molecule has 0 aromatic heterocycles. The molecule has 0 heterocycles. The predicted octanol–water partition coefficient (Wildman–Crippen LogP) is 3.83. The molecule has 7 heteroatoms. The Labute approximate surface area is 151 Å². The molecule has 5 nitrogen and oxygen atoms in total. The van der Waals surface area contributed by atoms with E-state index in [0.717, 1.165) is 0 Å². The van der Waals surface area contributed by atoms with Gasteiger partial charge in [0, 0.05) is 0 Å². The maximum absolute atomic E-state index is 12.2. The SMILES string of the molecule is CCOc1cc(/C=N/NC(=O)[C@@H]2[C@H](C=C(Cl)Cl)C2(C)C)ccc1O. The third-order valence-electron chi connectivity index (χ3n) is 4.17. The van der Waals surface area contributed by atoms with E-state index < -0.39 is 0 Å². The Kier molecular flexibility index (Phi) is 5.78. The van der Waals surface area contributed by atoms with Crippen LogP contribution in [-0.4, -0.2) is 23.8 Å². The molecule has 1 fully saturated rings. The van der Waals surface area contributed by atoms with Gasteiger partial charge >= 0.3 is 0 Å².